The SMILES string of the molecule is CCOc1cccnc1Oc1cc(C)ccc1N. The van der Waals surface area contributed by atoms with E-state index in [1.54, 1.807) is 12.3 Å². The van der Waals surface area contributed by atoms with Crippen molar-refractivity contribution >= 4 is 5.69 Å². The van der Waals surface area contributed by atoms with Crippen LogP contribution in [-0.4, -0.2) is 11.6 Å². The van der Waals surface area contributed by atoms with E-state index < -0.39 is 0 Å². The normalized spacial score (nSPS) is 10.1. The Bertz CT molecular complexity index is 541. The van der Waals surface area contributed by atoms with Crippen molar-refractivity contribution in [3.05, 3.63) is 42.1 Å². The highest BCUT2D eigenvalue weighted by atomic mass is 16.5. The Labute approximate surface area is 106 Å². The summed E-state index contributed by atoms with van der Waals surface area (Å²) in [5.74, 6) is 1.63. The Balaban J connectivity index is 2.30. The molecule has 2 N–H and O–H groups in total. The third kappa shape index (κ3) is 2.71. The summed E-state index contributed by atoms with van der Waals surface area (Å²) in [6.07, 6.45) is 1.66. The fourth-order valence-electron chi connectivity index (χ4n) is 1.55. The van der Waals surface area contributed by atoms with Gasteiger partial charge in [0.2, 0.25) is 0 Å². The number of aryl methyl sites for hydroxylation is 1. The first-order valence-corrected chi connectivity index (χ1v) is 5.82. The van der Waals surface area contributed by atoms with E-state index in [-0.39, 0.29) is 0 Å². The third-order valence-corrected chi connectivity index (χ3v) is 2.41. The van der Waals surface area contributed by atoms with Gasteiger partial charge in [0.15, 0.2) is 11.5 Å². The van der Waals surface area contributed by atoms with Crippen LogP contribution >= 0.6 is 0 Å². The molecule has 1 aromatic carbocycles. The number of rotatable bonds is 4. The highest BCUT2D eigenvalue weighted by Gasteiger charge is 2.09. The average molecular weight is 244 g/mol. The van der Waals surface area contributed by atoms with Crippen LogP contribution in [0.4, 0.5) is 5.69 Å². The van der Waals surface area contributed by atoms with E-state index >= 15 is 0 Å². The lowest BCUT2D eigenvalue weighted by Gasteiger charge is -2.11. The van der Waals surface area contributed by atoms with Crippen molar-refractivity contribution < 1.29 is 9.47 Å². The van der Waals surface area contributed by atoms with Crippen LogP contribution in [0.5, 0.6) is 17.4 Å². The van der Waals surface area contributed by atoms with Crippen molar-refractivity contribution in [1.82, 2.24) is 4.98 Å². The Hall–Kier alpha value is -2.23. The van der Waals surface area contributed by atoms with Gasteiger partial charge in [-0.2, -0.15) is 0 Å². The first kappa shape index (κ1) is 12.2. The molecule has 0 bridgehead atoms. The number of nitrogen functional groups attached to an aromatic ring is 1. The van der Waals surface area contributed by atoms with Gasteiger partial charge in [0.05, 0.1) is 12.3 Å². The standard InChI is InChI=1S/C14H16N2O2/c1-3-17-12-5-4-8-16-14(12)18-13-9-10(2)6-7-11(13)15/h4-9H,3,15H2,1-2H3. The number of nitrogens with zero attached hydrogens (tertiary/aromatic N) is 1. The second kappa shape index (κ2) is 5.40. The predicted octanol–water partition coefficient (Wildman–Crippen LogP) is 3.16. The number of hydrogen-bond donors (Lipinski definition) is 1. The molecule has 2 rings (SSSR count). The highest BCUT2D eigenvalue weighted by Crippen LogP contribution is 2.32. The average Bonchev–Trinajstić information content (AvgIpc) is 2.36. The number of benzene rings is 1. The number of anilines is 1. The Morgan fingerprint density at radius 1 is 1.22 bits per heavy atom. The topological polar surface area (TPSA) is 57.4 Å². The van der Waals surface area contributed by atoms with Crippen molar-refractivity contribution in [3.8, 4) is 17.4 Å². The van der Waals surface area contributed by atoms with Gasteiger partial charge in [0.25, 0.3) is 5.88 Å². The summed E-state index contributed by atoms with van der Waals surface area (Å²) < 4.78 is 11.2. The van der Waals surface area contributed by atoms with Crippen LogP contribution in [0.25, 0.3) is 0 Å². The molecule has 0 unspecified atom stereocenters. The second-order valence-electron chi connectivity index (χ2n) is 3.88. The molecule has 0 aliphatic carbocycles. The van der Waals surface area contributed by atoms with Crippen molar-refractivity contribution in [1.29, 1.82) is 0 Å². The predicted molar refractivity (Wildman–Crippen MR) is 71.1 cm³/mol. The molecule has 0 aliphatic rings. The smallest absolute Gasteiger partial charge is 0.262 e. The molecule has 0 spiro atoms. The zero-order chi connectivity index (χ0) is 13.0. The van der Waals surface area contributed by atoms with E-state index in [9.17, 15) is 0 Å². The Kier molecular flexibility index (Phi) is 3.67. The van der Waals surface area contributed by atoms with E-state index in [2.05, 4.69) is 4.98 Å². The van der Waals surface area contributed by atoms with Crippen molar-refractivity contribution in [2.24, 2.45) is 0 Å². The second-order valence-corrected chi connectivity index (χ2v) is 3.88. The number of nitrogens with two attached hydrogens (primary N) is 1. The molecule has 2 aromatic rings. The molecule has 0 radical (unpaired) electrons. The van der Waals surface area contributed by atoms with Gasteiger partial charge in [-0.15, -0.1) is 0 Å². The molecule has 94 valence electrons. The lowest BCUT2D eigenvalue weighted by Crippen LogP contribution is -1.98. The van der Waals surface area contributed by atoms with Crippen molar-refractivity contribution in [2.45, 2.75) is 13.8 Å². The quantitative estimate of drug-likeness (QED) is 0.839. The fourth-order valence-corrected chi connectivity index (χ4v) is 1.55. The fraction of sp³-hybridized carbons (Fsp3) is 0.214. The van der Waals surface area contributed by atoms with Crippen LogP contribution < -0.4 is 15.2 Å². The Morgan fingerprint density at radius 2 is 2.06 bits per heavy atom. The number of aromatic nitrogens is 1. The summed E-state index contributed by atoms with van der Waals surface area (Å²) in [4.78, 5) is 4.16. The van der Waals surface area contributed by atoms with E-state index in [1.165, 1.54) is 0 Å². The molecular weight excluding hydrogens is 228 g/mol. The molecule has 1 aromatic heterocycles. The van der Waals surface area contributed by atoms with Crippen LogP contribution in [0, 0.1) is 6.92 Å². The summed E-state index contributed by atoms with van der Waals surface area (Å²) in [6.45, 7) is 4.46. The summed E-state index contributed by atoms with van der Waals surface area (Å²) >= 11 is 0. The molecule has 4 heteroatoms. The van der Waals surface area contributed by atoms with E-state index in [0.717, 1.165) is 5.56 Å². The van der Waals surface area contributed by atoms with Crippen LogP contribution in [0.15, 0.2) is 36.5 Å². The van der Waals surface area contributed by atoms with Crippen LogP contribution in [-0.2, 0) is 0 Å². The minimum absolute atomic E-state index is 0.427. The molecule has 0 fully saturated rings. The van der Waals surface area contributed by atoms with Gasteiger partial charge in [-0.3, -0.25) is 0 Å². The van der Waals surface area contributed by atoms with Gasteiger partial charge in [-0.25, -0.2) is 4.98 Å². The summed E-state index contributed by atoms with van der Waals surface area (Å²) in [5.41, 5.74) is 7.52. The molecular formula is C14H16N2O2. The van der Waals surface area contributed by atoms with Gasteiger partial charge >= 0.3 is 0 Å². The van der Waals surface area contributed by atoms with Gasteiger partial charge < -0.3 is 15.2 Å². The number of pyridine rings is 1. The molecule has 18 heavy (non-hydrogen) atoms. The van der Waals surface area contributed by atoms with Gasteiger partial charge in [-0.05, 0) is 43.7 Å². The highest BCUT2D eigenvalue weighted by molar-refractivity contribution is 5.55. The summed E-state index contributed by atoms with van der Waals surface area (Å²) in [5, 5.41) is 0. The van der Waals surface area contributed by atoms with Crippen molar-refractivity contribution in [3.63, 3.8) is 0 Å². The maximum absolute atomic E-state index is 5.87. The third-order valence-electron chi connectivity index (χ3n) is 2.41. The van der Waals surface area contributed by atoms with Crippen LogP contribution in [0.1, 0.15) is 12.5 Å². The van der Waals surface area contributed by atoms with Gasteiger partial charge in [0, 0.05) is 6.20 Å². The molecule has 0 saturated carbocycles. The zero-order valence-electron chi connectivity index (χ0n) is 10.5. The first-order valence-electron chi connectivity index (χ1n) is 5.82. The van der Waals surface area contributed by atoms with E-state index in [1.807, 2.05) is 38.1 Å². The maximum atomic E-state index is 5.87. The minimum Gasteiger partial charge on any atom is -0.488 e. The summed E-state index contributed by atoms with van der Waals surface area (Å²) in [7, 11) is 0. The monoisotopic (exact) mass is 244 g/mol. The first-order chi connectivity index (χ1) is 8.70. The molecule has 1 heterocycles. The van der Waals surface area contributed by atoms with Crippen LogP contribution in [0.2, 0.25) is 0 Å². The number of hydrogen-bond acceptors (Lipinski definition) is 4. The lowest BCUT2D eigenvalue weighted by atomic mass is 10.2. The van der Waals surface area contributed by atoms with Crippen LogP contribution in [0.3, 0.4) is 0 Å². The zero-order valence-corrected chi connectivity index (χ0v) is 10.5. The molecule has 4 nitrogen and oxygen atoms in total. The molecule has 0 aliphatic heterocycles. The lowest BCUT2D eigenvalue weighted by molar-refractivity contribution is 0.316. The van der Waals surface area contributed by atoms with Crippen molar-refractivity contribution in [2.75, 3.05) is 12.3 Å². The Morgan fingerprint density at radius 3 is 2.83 bits per heavy atom. The largest absolute Gasteiger partial charge is 0.488 e. The van der Waals surface area contributed by atoms with E-state index in [4.69, 9.17) is 15.2 Å². The number of ether oxygens (including phenoxy) is 2. The molecule has 0 saturated heterocycles. The molecule has 0 atom stereocenters. The van der Waals surface area contributed by atoms with E-state index in [0.29, 0.717) is 29.7 Å². The summed E-state index contributed by atoms with van der Waals surface area (Å²) in [6, 6.07) is 9.24. The van der Waals surface area contributed by atoms with Gasteiger partial charge in [-0.1, -0.05) is 6.07 Å². The van der Waals surface area contributed by atoms with Gasteiger partial charge in [0.1, 0.15) is 0 Å². The molecule has 0 amide bonds. The minimum atomic E-state index is 0.427. The maximum Gasteiger partial charge on any atom is 0.262 e.